The molecule has 5 rings (SSSR count). The molecule has 3 amide bonds. The highest BCUT2D eigenvalue weighted by atomic mass is 35.5. The molecule has 1 aromatic heterocycles. The minimum Gasteiger partial charge on any atom is -0.348 e. The molecule has 0 spiro atoms. The van der Waals surface area contributed by atoms with Gasteiger partial charge in [0.25, 0.3) is 0 Å². The lowest BCUT2D eigenvalue weighted by atomic mass is 9.94. The van der Waals surface area contributed by atoms with Crippen LogP contribution in [0, 0.1) is 5.92 Å². The van der Waals surface area contributed by atoms with Gasteiger partial charge in [0.2, 0.25) is 17.7 Å². The van der Waals surface area contributed by atoms with E-state index in [4.69, 9.17) is 11.6 Å². The summed E-state index contributed by atoms with van der Waals surface area (Å²) < 4.78 is 40.5. The minimum atomic E-state index is -4.67. The molecule has 1 unspecified atom stereocenters. The van der Waals surface area contributed by atoms with Gasteiger partial charge in [-0.05, 0) is 61.6 Å². The number of amides is 3. The summed E-state index contributed by atoms with van der Waals surface area (Å²) in [6.07, 6.45) is -0.760. The molecule has 13 heteroatoms. The largest absolute Gasteiger partial charge is 0.436 e. The molecule has 226 valence electrons. The zero-order valence-corrected chi connectivity index (χ0v) is 24.2. The maximum Gasteiger partial charge on any atom is 0.436 e. The van der Waals surface area contributed by atoms with Crippen molar-refractivity contribution >= 4 is 40.6 Å². The maximum absolute atomic E-state index is 13.6. The molecule has 2 aliphatic heterocycles. The molecule has 0 fully saturated rings. The minimum absolute atomic E-state index is 0.114. The van der Waals surface area contributed by atoms with E-state index in [-0.39, 0.29) is 30.0 Å². The summed E-state index contributed by atoms with van der Waals surface area (Å²) in [5, 5.41) is 13.2. The van der Waals surface area contributed by atoms with Gasteiger partial charge in [0.15, 0.2) is 5.69 Å². The predicted octanol–water partition coefficient (Wildman–Crippen LogP) is 5.56. The molecular weight excluding hydrogens is 585 g/mol. The average molecular weight is 615 g/mol. The van der Waals surface area contributed by atoms with Gasteiger partial charge in [0.1, 0.15) is 6.04 Å². The summed E-state index contributed by atoms with van der Waals surface area (Å²) in [5.74, 6) is -1.13. The third-order valence-electron chi connectivity index (χ3n) is 7.82. The van der Waals surface area contributed by atoms with Crippen molar-refractivity contribution in [1.82, 2.24) is 25.2 Å². The van der Waals surface area contributed by atoms with Crippen LogP contribution in [0.3, 0.4) is 0 Å². The highest BCUT2D eigenvalue weighted by Gasteiger charge is 2.36. The second kappa shape index (κ2) is 12.2. The lowest BCUT2D eigenvalue weighted by Crippen LogP contribution is -2.51. The quantitative estimate of drug-likeness (QED) is 0.402. The molecule has 2 N–H and O–H groups in total. The summed E-state index contributed by atoms with van der Waals surface area (Å²) in [4.78, 5) is 41.5. The number of hydrogen-bond acceptors (Lipinski definition) is 5. The first-order chi connectivity index (χ1) is 20.4. The number of para-hydroxylation sites is 1. The molecule has 0 bridgehead atoms. The van der Waals surface area contributed by atoms with Crippen molar-refractivity contribution in [2.75, 3.05) is 11.9 Å². The van der Waals surface area contributed by atoms with Crippen LogP contribution in [0.5, 0.6) is 0 Å². The fourth-order valence-electron chi connectivity index (χ4n) is 5.46. The second-order valence-corrected chi connectivity index (χ2v) is 11.2. The van der Waals surface area contributed by atoms with Crippen molar-refractivity contribution in [3.63, 3.8) is 0 Å². The van der Waals surface area contributed by atoms with Gasteiger partial charge in [0, 0.05) is 34.8 Å². The molecule has 3 aromatic rings. The van der Waals surface area contributed by atoms with Gasteiger partial charge in [0.05, 0.1) is 17.9 Å². The van der Waals surface area contributed by atoms with Crippen molar-refractivity contribution < 1.29 is 27.6 Å². The molecule has 2 aromatic carbocycles. The Morgan fingerprint density at radius 2 is 1.79 bits per heavy atom. The second-order valence-electron chi connectivity index (χ2n) is 10.8. The number of fused-ring (bicyclic) bond motifs is 1. The van der Waals surface area contributed by atoms with Crippen LogP contribution in [0.25, 0.3) is 11.3 Å². The van der Waals surface area contributed by atoms with Crippen molar-refractivity contribution in [3.8, 4) is 5.69 Å². The average Bonchev–Trinajstić information content (AvgIpc) is 3.46. The molecule has 0 saturated heterocycles. The molecule has 0 saturated carbocycles. The lowest BCUT2D eigenvalue weighted by Gasteiger charge is -2.35. The molecular formula is C30H30ClF3N6O3. The molecule has 0 radical (unpaired) electrons. The molecule has 0 aliphatic carbocycles. The standard InChI is InChI=1S/C30H30ClF3N6O3/c1-17-6-5-9-25(29(43)35-18(2)21-7-3-4-8-23(21)36-28(17)42)39-13-12-19(14-27(39)41)22-15-20(31)10-11-24(22)40-16-26(37-38-40)30(32,33)34/h3-4,7-8,10-11,14-18,25H,5-6,9,12-13H2,1-2H3,(H,35,43)(H,36,42)/t17-,18?,25+/m1/s1. The van der Waals surface area contributed by atoms with Crippen LogP contribution in [0.4, 0.5) is 18.9 Å². The topological polar surface area (TPSA) is 109 Å². The molecule has 3 heterocycles. The van der Waals surface area contributed by atoms with E-state index in [1.165, 1.54) is 23.1 Å². The van der Waals surface area contributed by atoms with Gasteiger partial charge in [-0.25, -0.2) is 4.68 Å². The van der Waals surface area contributed by atoms with E-state index in [1.54, 1.807) is 12.1 Å². The van der Waals surface area contributed by atoms with Gasteiger partial charge in [-0.1, -0.05) is 48.4 Å². The first kappa shape index (κ1) is 30.3. The Kier molecular flexibility index (Phi) is 8.59. The van der Waals surface area contributed by atoms with Crippen molar-refractivity contribution in [1.29, 1.82) is 0 Å². The van der Waals surface area contributed by atoms with Crippen molar-refractivity contribution in [3.05, 3.63) is 76.6 Å². The maximum atomic E-state index is 13.6. The van der Waals surface area contributed by atoms with Crippen LogP contribution < -0.4 is 10.6 Å². The highest BCUT2D eigenvalue weighted by molar-refractivity contribution is 6.30. The van der Waals surface area contributed by atoms with Crippen molar-refractivity contribution in [2.24, 2.45) is 5.92 Å². The fraction of sp³-hybridized carbons (Fsp3) is 0.367. The summed E-state index contributed by atoms with van der Waals surface area (Å²) in [7, 11) is 0. The zero-order valence-electron chi connectivity index (χ0n) is 23.5. The number of anilines is 1. The van der Waals surface area contributed by atoms with E-state index in [2.05, 4.69) is 20.9 Å². The monoisotopic (exact) mass is 614 g/mol. The number of aromatic nitrogens is 3. The van der Waals surface area contributed by atoms with Gasteiger partial charge < -0.3 is 15.5 Å². The van der Waals surface area contributed by atoms with E-state index in [0.717, 1.165) is 16.4 Å². The number of nitrogens with zero attached hydrogens (tertiary/aromatic N) is 4. The summed E-state index contributed by atoms with van der Waals surface area (Å²) >= 11 is 6.24. The fourth-order valence-corrected chi connectivity index (χ4v) is 5.63. The van der Waals surface area contributed by atoms with Gasteiger partial charge >= 0.3 is 6.18 Å². The Labute approximate surface area is 251 Å². The Hall–Kier alpha value is -4.19. The third-order valence-corrected chi connectivity index (χ3v) is 8.06. The summed E-state index contributed by atoms with van der Waals surface area (Å²) in [6.45, 7) is 3.85. The Morgan fingerprint density at radius 3 is 2.51 bits per heavy atom. The number of nitrogens with one attached hydrogen (secondary N) is 2. The number of alkyl halides is 3. The normalized spacial score (nSPS) is 22.1. The Balaban J connectivity index is 1.43. The van der Waals surface area contributed by atoms with Crippen LogP contribution in [0.2, 0.25) is 5.02 Å². The number of carbonyl (C=O) groups is 3. The number of carbonyl (C=O) groups excluding carboxylic acids is 3. The van der Waals surface area contributed by atoms with Crippen LogP contribution in [0.1, 0.15) is 62.4 Å². The first-order valence-corrected chi connectivity index (χ1v) is 14.3. The SMILES string of the molecule is CC1NC(=O)[C@@H](N2CCC(c3cc(Cl)ccc3-n3cc(C(F)(F)F)nn3)=CC2=O)CCC[C@@H](C)C(=O)Nc2ccccc21. The number of rotatable bonds is 3. The lowest BCUT2D eigenvalue weighted by molar-refractivity contribution is -0.141. The summed E-state index contributed by atoms with van der Waals surface area (Å²) in [6, 6.07) is 10.6. The predicted molar refractivity (Wildman–Crippen MR) is 154 cm³/mol. The van der Waals surface area contributed by atoms with E-state index in [0.29, 0.717) is 47.5 Å². The van der Waals surface area contributed by atoms with Crippen LogP contribution >= 0.6 is 11.6 Å². The van der Waals surface area contributed by atoms with E-state index < -0.39 is 29.9 Å². The van der Waals surface area contributed by atoms with E-state index >= 15 is 0 Å². The van der Waals surface area contributed by atoms with Crippen LogP contribution in [-0.4, -0.2) is 50.2 Å². The van der Waals surface area contributed by atoms with Crippen LogP contribution in [-0.2, 0) is 20.6 Å². The highest BCUT2D eigenvalue weighted by Crippen LogP contribution is 2.34. The zero-order chi connectivity index (χ0) is 30.9. The molecule has 43 heavy (non-hydrogen) atoms. The van der Waals surface area contributed by atoms with Gasteiger partial charge in [-0.2, -0.15) is 13.2 Å². The Bertz CT molecular complexity index is 1590. The number of halogens is 4. The molecule has 2 aliphatic rings. The van der Waals surface area contributed by atoms with E-state index in [9.17, 15) is 27.6 Å². The van der Waals surface area contributed by atoms with Gasteiger partial charge in [-0.15, -0.1) is 5.10 Å². The van der Waals surface area contributed by atoms with E-state index in [1.807, 2.05) is 32.0 Å². The first-order valence-electron chi connectivity index (χ1n) is 13.9. The Morgan fingerprint density at radius 1 is 1.02 bits per heavy atom. The smallest absolute Gasteiger partial charge is 0.348 e. The van der Waals surface area contributed by atoms with Crippen LogP contribution in [0.15, 0.2) is 54.7 Å². The number of benzene rings is 2. The van der Waals surface area contributed by atoms with Gasteiger partial charge in [-0.3, -0.25) is 14.4 Å². The van der Waals surface area contributed by atoms with Crippen molar-refractivity contribution in [2.45, 2.75) is 57.8 Å². The number of hydrogen-bond donors (Lipinski definition) is 2. The summed E-state index contributed by atoms with van der Waals surface area (Å²) in [5.41, 5.74) is 1.49. The third kappa shape index (κ3) is 6.58. The molecule has 3 atom stereocenters. The molecule has 9 nitrogen and oxygen atoms in total.